The van der Waals surface area contributed by atoms with Crippen LogP contribution in [0.3, 0.4) is 0 Å². The molecule has 2 aliphatic heterocycles. The Kier molecular flexibility index (Phi) is 5.41. The van der Waals surface area contributed by atoms with E-state index in [-0.39, 0.29) is 0 Å². The molecule has 0 amide bonds. The number of benzene rings is 2. The number of anilines is 1. The standard InChI is InChI=1S/C23H26N4O3S/c1-16-3-5-19(17(2)13-16)26-9-7-25(8-10-26)15-27-23(31)30-22(24-27)18-4-6-20-21(14-18)29-12-11-28-20/h3-6,13-14H,7-12,15H2,1-2H3. The fraction of sp³-hybridized carbons (Fsp3) is 0.391. The summed E-state index contributed by atoms with van der Waals surface area (Å²) in [6, 6.07) is 12.4. The second-order valence-electron chi connectivity index (χ2n) is 8.07. The number of fused-ring (bicyclic) bond motifs is 1. The number of aryl methyl sites for hydroxylation is 2. The molecule has 0 spiro atoms. The highest BCUT2D eigenvalue weighted by molar-refractivity contribution is 7.71. The minimum absolute atomic E-state index is 0.377. The largest absolute Gasteiger partial charge is 0.486 e. The van der Waals surface area contributed by atoms with Crippen molar-refractivity contribution in [3.05, 3.63) is 52.4 Å². The van der Waals surface area contributed by atoms with Gasteiger partial charge in [0.1, 0.15) is 13.2 Å². The molecule has 0 saturated carbocycles. The van der Waals surface area contributed by atoms with E-state index in [1.54, 1.807) is 4.68 Å². The van der Waals surface area contributed by atoms with Gasteiger partial charge in [-0.2, -0.15) is 0 Å². The molecule has 3 heterocycles. The van der Waals surface area contributed by atoms with Crippen LogP contribution >= 0.6 is 12.2 Å². The van der Waals surface area contributed by atoms with E-state index in [0.29, 0.717) is 36.4 Å². The van der Waals surface area contributed by atoms with Crippen molar-refractivity contribution >= 4 is 17.9 Å². The van der Waals surface area contributed by atoms with Crippen LogP contribution in [0.2, 0.25) is 0 Å². The first-order chi connectivity index (χ1) is 15.1. The summed E-state index contributed by atoms with van der Waals surface area (Å²) in [5, 5.41) is 4.62. The van der Waals surface area contributed by atoms with E-state index in [1.807, 2.05) is 18.2 Å². The average molecular weight is 439 g/mol. The average Bonchev–Trinajstić information content (AvgIpc) is 3.14. The summed E-state index contributed by atoms with van der Waals surface area (Å²) in [4.78, 5) is 5.18. The van der Waals surface area contributed by atoms with Gasteiger partial charge < -0.3 is 18.8 Å². The van der Waals surface area contributed by atoms with Crippen LogP contribution in [0, 0.1) is 18.7 Å². The Morgan fingerprint density at radius 1 is 0.935 bits per heavy atom. The van der Waals surface area contributed by atoms with Gasteiger partial charge in [0.15, 0.2) is 11.5 Å². The molecule has 5 rings (SSSR count). The molecule has 0 aliphatic carbocycles. The lowest BCUT2D eigenvalue weighted by Crippen LogP contribution is -2.47. The molecule has 8 heteroatoms. The number of nitrogens with zero attached hydrogens (tertiary/aromatic N) is 4. The Morgan fingerprint density at radius 3 is 2.48 bits per heavy atom. The number of rotatable bonds is 4. The number of ether oxygens (including phenoxy) is 2. The first-order valence-corrected chi connectivity index (χ1v) is 11.0. The lowest BCUT2D eigenvalue weighted by atomic mass is 10.1. The Hall–Kier alpha value is -2.84. The van der Waals surface area contributed by atoms with Crippen LogP contribution in [0.1, 0.15) is 11.1 Å². The van der Waals surface area contributed by atoms with Crippen LogP contribution < -0.4 is 14.4 Å². The first kappa shape index (κ1) is 20.1. The zero-order valence-electron chi connectivity index (χ0n) is 17.8. The summed E-state index contributed by atoms with van der Waals surface area (Å²) in [7, 11) is 0. The van der Waals surface area contributed by atoms with Crippen LogP contribution in [-0.2, 0) is 6.67 Å². The summed E-state index contributed by atoms with van der Waals surface area (Å²) >= 11 is 5.43. The van der Waals surface area contributed by atoms with Crippen LogP contribution in [0.15, 0.2) is 40.8 Å². The number of aromatic nitrogens is 2. The van der Waals surface area contributed by atoms with Gasteiger partial charge in [-0.05, 0) is 55.9 Å². The molecule has 0 radical (unpaired) electrons. The van der Waals surface area contributed by atoms with Crippen molar-refractivity contribution < 1.29 is 13.9 Å². The Bertz CT molecular complexity index is 1150. The molecule has 0 unspecified atom stereocenters. The molecule has 7 nitrogen and oxygen atoms in total. The van der Waals surface area contributed by atoms with Gasteiger partial charge in [0.25, 0.3) is 4.84 Å². The molecule has 2 aliphatic rings. The fourth-order valence-corrected chi connectivity index (χ4v) is 4.35. The minimum atomic E-state index is 0.377. The topological polar surface area (TPSA) is 55.9 Å². The summed E-state index contributed by atoms with van der Waals surface area (Å²) < 4.78 is 18.8. The molecule has 162 valence electrons. The van der Waals surface area contributed by atoms with Crippen LogP contribution in [0.25, 0.3) is 11.5 Å². The van der Waals surface area contributed by atoms with E-state index in [1.165, 1.54) is 16.8 Å². The molecular formula is C23H26N4O3S. The van der Waals surface area contributed by atoms with Gasteiger partial charge in [-0.25, -0.2) is 4.68 Å². The Labute approximate surface area is 186 Å². The first-order valence-electron chi connectivity index (χ1n) is 10.6. The molecule has 2 aromatic carbocycles. The quantitative estimate of drug-likeness (QED) is 0.570. The molecule has 3 aromatic rings. The van der Waals surface area contributed by atoms with Crippen LogP contribution in [0.4, 0.5) is 5.69 Å². The molecule has 0 N–H and O–H groups in total. The van der Waals surface area contributed by atoms with Crippen LogP contribution in [-0.4, -0.2) is 54.1 Å². The second kappa shape index (κ2) is 8.36. The molecular weight excluding hydrogens is 412 g/mol. The van der Waals surface area contributed by atoms with Crippen molar-refractivity contribution in [2.24, 2.45) is 0 Å². The third kappa shape index (κ3) is 4.18. The van der Waals surface area contributed by atoms with Crippen molar-refractivity contribution in [1.29, 1.82) is 0 Å². The van der Waals surface area contributed by atoms with Crippen molar-refractivity contribution in [3.8, 4) is 23.0 Å². The predicted molar refractivity (Wildman–Crippen MR) is 121 cm³/mol. The summed E-state index contributed by atoms with van der Waals surface area (Å²) in [5.41, 5.74) is 4.78. The van der Waals surface area contributed by atoms with Gasteiger partial charge in [-0.3, -0.25) is 4.90 Å². The molecule has 1 saturated heterocycles. The third-order valence-corrected chi connectivity index (χ3v) is 6.09. The Balaban J connectivity index is 1.26. The van der Waals surface area contributed by atoms with Crippen LogP contribution in [0.5, 0.6) is 11.5 Å². The maximum Gasteiger partial charge on any atom is 0.288 e. The Morgan fingerprint density at radius 2 is 1.71 bits per heavy atom. The molecule has 0 atom stereocenters. The van der Waals surface area contributed by atoms with E-state index in [0.717, 1.165) is 37.5 Å². The van der Waals surface area contributed by atoms with E-state index >= 15 is 0 Å². The van der Waals surface area contributed by atoms with Gasteiger partial charge in [-0.15, -0.1) is 5.10 Å². The van der Waals surface area contributed by atoms with Gasteiger partial charge in [0.2, 0.25) is 5.89 Å². The monoisotopic (exact) mass is 438 g/mol. The summed E-state index contributed by atoms with van der Waals surface area (Å²) in [6.45, 7) is 9.89. The van der Waals surface area contributed by atoms with Gasteiger partial charge in [0.05, 0.1) is 6.67 Å². The van der Waals surface area contributed by atoms with Gasteiger partial charge in [0, 0.05) is 37.4 Å². The van der Waals surface area contributed by atoms with Crippen molar-refractivity contribution in [1.82, 2.24) is 14.7 Å². The molecule has 0 bridgehead atoms. The highest BCUT2D eigenvalue weighted by Crippen LogP contribution is 2.34. The summed E-state index contributed by atoms with van der Waals surface area (Å²) in [5.74, 6) is 1.95. The number of hydrogen-bond donors (Lipinski definition) is 0. The molecule has 31 heavy (non-hydrogen) atoms. The molecule has 1 aromatic heterocycles. The SMILES string of the molecule is Cc1ccc(N2CCN(Cn3nc(-c4ccc5c(c4)OCCO5)oc3=S)CC2)c(C)c1. The van der Waals surface area contributed by atoms with Crippen molar-refractivity contribution in [3.63, 3.8) is 0 Å². The van der Waals surface area contributed by atoms with E-state index in [4.69, 9.17) is 26.1 Å². The highest BCUT2D eigenvalue weighted by Gasteiger charge is 2.20. The lowest BCUT2D eigenvalue weighted by Gasteiger charge is -2.36. The third-order valence-electron chi connectivity index (χ3n) is 5.79. The number of piperazine rings is 1. The minimum Gasteiger partial charge on any atom is -0.486 e. The van der Waals surface area contributed by atoms with Crippen molar-refractivity contribution in [2.75, 3.05) is 44.3 Å². The summed E-state index contributed by atoms with van der Waals surface area (Å²) in [6.07, 6.45) is 0. The fourth-order valence-electron chi connectivity index (χ4n) is 4.17. The normalized spacial score (nSPS) is 16.5. The lowest BCUT2D eigenvalue weighted by molar-refractivity contribution is 0.171. The van der Waals surface area contributed by atoms with E-state index in [9.17, 15) is 0 Å². The smallest absolute Gasteiger partial charge is 0.288 e. The van der Waals surface area contributed by atoms with E-state index < -0.39 is 0 Å². The van der Waals surface area contributed by atoms with Gasteiger partial charge in [-0.1, -0.05) is 17.7 Å². The zero-order chi connectivity index (χ0) is 21.4. The maximum absolute atomic E-state index is 5.78. The predicted octanol–water partition coefficient (Wildman–Crippen LogP) is 4.04. The van der Waals surface area contributed by atoms with Crippen molar-refractivity contribution in [2.45, 2.75) is 20.5 Å². The zero-order valence-corrected chi connectivity index (χ0v) is 18.7. The second-order valence-corrected chi connectivity index (χ2v) is 8.42. The number of hydrogen-bond acceptors (Lipinski definition) is 7. The highest BCUT2D eigenvalue weighted by atomic mass is 32.1. The van der Waals surface area contributed by atoms with Gasteiger partial charge >= 0.3 is 0 Å². The molecule has 1 fully saturated rings. The maximum atomic E-state index is 5.78. The van der Waals surface area contributed by atoms with E-state index in [2.05, 4.69) is 46.9 Å².